The number of nitrogens with zero attached hydrogens (tertiary/aromatic N) is 1. The van der Waals surface area contributed by atoms with Crippen LogP contribution in [0.15, 0.2) is 18.2 Å². The monoisotopic (exact) mass is 272 g/mol. The summed E-state index contributed by atoms with van der Waals surface area (Å²) in [5.74, 6) is -1.14. The normalized spacial score (nSPS) is 17.6. The predicted octanol–water partition coefficient (Wildman–Crippen LogP) is 3.82. The smallest absolute Gasteiger partial charge is 0.388 e. The van der Waals surface area contributed by atoms with Gasteiger partial charge in [-0.25, -0.2) is 0 Å². The molecule has 1 aliphatic rings. The lowest BCUT2D eigenvalue weighted by atomic mass is 9.96. The average molecular weight is 272 g/mol. The third-order valence-corrected chi connectivity index (χ3v) is 3.80. The minimum atomic E-state index is -4.04. The highest BCUT2D eigenvalue weighted by molar-refractivity contribution is 5.60. The Morgan fingerprint density at radius 2 is 1.84 bits per heavy atom. The topological polar surface area (TPSA) is 15.3 Å². The standard InChI is InChI=1S/C14H19F3N2/c1-10-9-12(3-4-13(10)18-2)19-7-5-11(6-8-19)14(15,16)17/h3-4,9,11,18H,5-8H2,1-2H3. The molecule has 19 heavy (non-hydrogen) atoms. The summed E-state index contributed by atoms with van der Waals surface area (Å²) in [6.45, 7) is 2.95. The van der Waals surface area contributed by atoms with Crippen LogP contribution in [0.25, 0.3) is 0 Å². The number of hydrogen-bond acceptors (Lipinski definition) is 2. The average Bonchev–Trinajstić information content (AvgIpc) is 2.38. The highest BCUT2D eigenvalue weighted by atomic mass is 19.4. The number of aryl methyl sites for hydroxylation is 1. The molecule has 0 bridgehead atoms. The Labute approximate surface area is 111 Å². The maximum absolute atomic E-state index is 12.6. The molecule has 2 nitrogen and oxygen atoms in total. The van der Waals surface area contributed by atoms with Gasteiger partial charge >= 0.3 is 6.18 Å². The van der Waals surface area contributed by atoms with E-state index < -0.39 is 12.1 Å². The highest BCUT2D eigenvalue weighted by Gasteiger charge is 2.41. The summed E-state index contributed by atoms with van der Waals surface area (Å²) in [6.07, 6.45) is -3.66. The second kappa shape index (κ2) is 5.31. The molecule has 0 saturated carbocycles. The van der Waals surface area contributed by atoms with Crippen LogP contribution in [0.2, 0.25) is 0 Å². The fourth-order valence-electron chi connectivity index (χ4n) is 2.59. The van der Waals surface area contributed by atoms with E-state index in [2.05, 4.69) is 5.32 Å². The van der Waals surface area contributed by atoms with Gasteiger partial charge in [-0.1, -0.05) is 0 Å². The van der Waals surface area contributed by atoms with Gasteiger partial charge in [0.15, 0.2) is 0 Å². The summed E-state index contributed by atoms with van der Waals surface area (Å²) in [4.78, 5) is 2.04. The van der Waals surface area contributed by atoms with Crippen molar-refractivity contribution in [3.8, 4) is 0 Å². The summed E-state index contributed by atoms with van der Waals surface area (Å²) < 4.78 is 37.8. The summed E-state index contributed by atoms with van der Waals surface area (Å²) in [7, 11) is 1.86. The molecule has 1 N–H and O–H groups in total. The quantitative estimate of drug-likeness (QED) is 0.880. The largest absolute Gasteiger partial charge is 0.391 e. The van der Waals surface area contributed by atoms with Crippen LogP contribution in [0.5, 0.6) is 0 Å². The third kappa shape index (κ3) is 3.14. The summed E-state index contributed by atoms with van der Waals surface area (Å²) in [6, 6.07) is 5.97. The Hall–Kier alpha value is -1.39. The zero-order chi connectivity index (χ0) is 14.0. The minimum absolute atomic E-state index is 0.191. The van der Waals surface area contributed by atoms with E-state index in [0.717, 1.165) is 16.9 Å². The van der Waals surface area contributed by atoms with Crippen molar-refractivity contribution in [1.82, 2.24) is 0 Å². The SMILES string of the molecule is CNc1ccc(N2CCC(C(F)(F)F)CC2)cc1C. The lowest BCUT2D eigenvalue weighted by Gasteiger charge is -2.34. The van der Waals surface area contributed by atoms with Crippen molar-refractivity contribution in [2.45, 2.75) is 25.9 Å². The molecular formula is C14H19F3N2. The molecule has 5 heteroatoms. The summed E-state index contributed by atoms with van der Waals surface area (Å²) in [5, 5.41) is 3.09. The molecule has 0 radical (unpaired) electrons. The molecule has 0 atom stereocenters. The molecule has 1 heterocycles. The van der Waals surface area contributed by atoms with E-state index in [1.54, 1.807) is 0 Å². The summed E-state index contributed by atoms with van der Waals surface area (Å²) >= 11 is 0. The van der Waals surface area contributed by atoms with Crippen molar-refractivity contribution in [2.24, 2.45) is 5.92 Å². The summed E-state index contributed by atoms with van der Waals surface area (Å²) in [5.41, 5.74) is 3.17. The zero-order valence-corrected chi connectivity index (χ0v) is 11.2. The fraction of sp³-hybridized carbons (Fsp3) is 0.571. The lowest BCUT2D eigenvalue weighted by molar-refractivity contribution is -0.179. The van der Waals surface area contributed by atoms with Crippen LogP contribution in [0.1, 0.15) is 18.4 Å². The zero-order valence-electron chi connectivity index (χ0n) is 11.2. The Balaban J connectivity index is 2.04. The first-order valence-electron chi connectivity index (χ1n) is 6.52. The second-order valence-corrected chi connectivity index (χ2v) is 5.05. The van der Waals surface area contributed by atoms with Gasteiger partial charge in [-0.3, -0.25) is 0 Å². The van der Waals surface area contributed by atoms with Gasteiger partial charge in [-0.2, -0.15) is 13.2 Å². The van der Waals surface area contributed by atoms with E-state index in [1.165, 1.54) is 0 Å². The Bertz CT molecular complexity index is 435. The van der Waals surface area contributed by atoms with Crippen LogP contribution < -0.4 is 10.2 Å². The lowest BCUT2D eigenvalue weighted by Crippen LogP contribution is -2.39. The Morgan fingerprint density at radius 1 is 1.21 bits per heavy atom. The molecule has 0 unspecified atom stereocenters. The van der Waals surface area contributed by atoms with Crippen LogP contribution >= 0.6 is 0 Å². The first-order valence-corrected chi connectivity index (χ1v) is 6.52. The molecule has 1 fully saturated rings. The van der Waals surface area contributed by atoms with Crippen molar-refractivity contribution >= 4 is 11.4 Å². The number of anilines is 2. The van der Waals surface area contributed by atoms with Crippen molar-refractivity contribution in [1.29, 1.82) is 0 Å². The van der Waals surface area contributed by atoms with Crippen LogP contribution in [0.3, 0.4) is 0 Å². The molecular weight excluding hydrogens is 253 g/mol. The van der Waals surface area contributed by atoms with E-state index in [1.807, 2.05) is 37.1 Å². The molecule has 1 aliphatic heterocycles. The molecule has 0 aliphatic carbocycles. The van der Waals surface area contributed by atoms with Gasteiger partial charge in [-0.05, 0) is 43.5 Å². The van der Waals surface area contributed by atoms with Gasteiger partial charge in [-0.15, -0.1) is 0 Å². The van der Waals surface area contributed by atoms with Crippen molar-refractivity contribution in [2.75, 3.05) is 30.4 Å². The van der Waals surface area contributed by atoms with Gasteiger partial charge in [0.25, 0.3) is 0 Å². The van der Waals surface area contributed by atoms with E-state index in [4.69, 9.17) is 0 Å². The third-order valence-electron chi connectivity index (χ3n) is 3.80. The maximum atomic E-state index is 12.6. The fourth-order valence-corrected chi connectivity index (χ4v) is 2.59. The number of halogens is 3. The van der Waals surface area contributed by atoms with Crippen molar-refractivity contribution in [3.63, 3.8) is 0 Å². The Morgan fingerprint density at radius 3 is 2.32 bits per heavy atom. The van der Waals surface area contributed by atoms with Gasteiger partial charge in [0.1, 0.15) is 0 Å². The number of piperidine rings is 1. The van der Waals surface area contributed by atoms with E-state index >= 15 is 0 Å². The molecule has 0 aromatic heterocycles. The molecule has 106 valence electrons. The number of benzene rings is 1. The maximum Gasteiger partial charge on any atom is 0.391 e. The Kier molecular flexibility index (Phi) is 3.92. The van der Waals surface area contributed by atoms with Gasteiger partial charge in [0, 0.05) is 31.5 Å². The van der Waals surface area contributed by atoms with Gasteiger partial charge < -0.3 is 10.2 Å². The second-order valence-electron chi connectivity index (χ2n) is 5.05. The van der Waals surface area contributed by atoms with E-state index in [-0.39, 0.29) is 12.8 Å². The first kappa shape index (κ1) is 14.0. The van der Waals surface area contributed by atoms with Gasteiger partial charge in [0.05, 0.1) is 5.92 Å². The van der Waals surface area contributed by atoms with Crippen LogP contribution in [0, 0.1) is 12.8 Å². The van der Waals surface area contributed by atoms with Gasteiger partial charge in [0.2, 0.25) is 0 Å². The molecule has 0 amide bonds. The van der Waals surface area contributed by atoms with Crippen LogP contribution in [-0.4, -0.2) is 26.3 Å². The molecule has 2 rings (SSSR count). The van der Waals surface area contributed by atoms with Crippen molar-refractivity contribution < 1.29 is 13.2 Å². The molecule has 1 aromatic carbocycles. The number of rotatable bonds is 2. The number of alkyl halides is 3. The van der Waals surface area contributed by atoms with Crippen LogP contribution in [0.4, 0.5) is 24.5 Å². The number of nitrogens with one attached hydrogen (secondary N) is 1. The predicted molar refractivity (Wildman–Crippen MR) is 71.7 cm³/mol. The minimum Gasteiger partial charge on any atom is -0.388 e. The molecule has 0 spiro atoms. The van der Waals surface area contributed by atoms with Crippen molar-refractivity contribution in [3.05, 3.63) is 23.8 Å². The molecule has 1 saturated heterocycles. The first-order chi connectivity index (χ1) is 8.91. The van der Waals surface area contributed by atoms with Crippen LogP contribution in [-0.2, 0) is 0 Å². The van der Waals surface area contributed by atoms with E-state index in [9.17, 15) is 13.2 Å². The molecule has 1 aromatic rings. The highest BCUT2D eigenvalue weighted by Crippen LogP contribution is 2.35. The van der Waals surface area contributed by atoms with E-state index in [0.29, 0.717) is 13.1 Å². The number of hydrogen-bond donors (Lipinski definition) is 1.